The first-order valence-electron chi connectivity index (χ1n) is 17.0. The largest absolute Gasteiger partial charge is 0.479 e. The van der Waals surface area contributed by atoms with E-state index in [9.17, 15) is 27.6 Å². The van der Waals surface area contributed by atoms with Gasteiger partial charge in [0.2, 0.25) is 5.88 Å². The van der Waals surface area contributed by atoms with Crippen molar-refractivity contribution in [2.45, 2.75) is 59.1 Å². The number of alkyl halides is 3. The van der Waals surface area contributed by atoms with E-state index in [-0.39, 0.29) is 52.9 Å². The first-order chi connectivity index (χ1) is 27.1. The van der Waals surface area contributed by atoms with Crippen molar-refractivity contribution < 1.29 is 46.5 Å². The van der Waals surface area contributed by atoms with Crippen LogP contribution in [0.2, 0.25) is 10.0 Å². The van der Waals surface area contributed by atoms with Crippen LogP contribution < -0.4 is 15.2 Å². The van der Waals surface area contributed by atoms with E-state index >= 15 is 0 Å². The molecule has 0 aliphatic heterocycles. The van der Waals surface area contributed by atoms with E-state index in [2.05, 4.69) is 20.2 Å². The lowest BCUT2D eigenvalue weighted by molar-refractivity contribution is -0.152. The number of ether oxygens (including phenoxy) is 4. The van der Waals surface area contributed by atoms with Gasteiger partial charge in [0.15, 0.2) is 18.5 Å². The number of benzene rings is 3. The molecule has 2 heterocycles. The Bertz CT molecular complexity index is 2270. The van der Waals surface area contributed by atoms with Crippen LogP contribution >= 0.6 is 34.8 Å². The Labute approximate surface area is 339 Å². The molecule has 14 nitrogen and oxygen atoms in total. The average molecular weight is 856 g/mol. The van der Waals surface area contributed by atoms with E-state index < -0.39 is 41.5 Å². The van der Waals surface area contributed by atoms with E-state index in [1.165, 1.54) is 13.1 Å². The van der Waals surface area contributed by atoms with Crippen LogP contribution in [-0.2, 0) is 30.3 Å². The summed E-state index contributed by atoms with van der Waals surface area (Å²) in [5, 5.41) is 6.87. The predicted molar refractivity (Wildman–Crippen MR) is 206 cm³/mol. The highest BCUT2D eigenvalue weighted by molar-refractivity contribution is 6.32. The molecule has 2 atom stereocenters. The van der Waals surface area contributed by atoms with Gasteiger partial charge in [0.1, 0.15) is 35.0 Å². The number of aryl methyl sites for hydroxylation is 1. The van der Waals surface area contributed by atoms with Crippen LogP contribution in [0.3, 0.4) is 0 Å². The zero-order valence-corrected chi connectivity index (χ0v) is 33.3. The SMILES string of the molecule is CC(C)=NOCCOC(=O)[C@@H](C)Oc1ccc(Oc2cnc3cc(Cl)ccc3n2)cc1.CCOC(=O)C(Cl)Cc1cc(-n2nc(C)n(C(F)F)c2=O)c(F)cc1Cl. The van der Waals surface area contributed by atoms with Crippen molar-refractivity contribution in [3.05, 3.63) is 98.5 Å². The summed E-state index contributed by atoms with van der Waals surface area (Å²) in [4.78, 5) is 49.4. The van der Waals surface area contributed by atoms with Gasteiger partial charge in [-0.2, -0.15) is 13.5 Å². The summed E-state index contributed by atoms with van der Waals surface area (Å²) in [5.74, 6) is -1.01. The Balaban J connectivity index is 0.000000257. The van der Waals surface area contributed by atoms with E-state index in [4.69, 9.17) is 58.6 Å². The van der Waals surface area contributed by atoms with E-state index in [1.54, 1.807) is 56.3 Å². The molecule has 3 aromatic carbocycles. The Kier molecular flexibility index (Phi) is 16.1. The van der Waals surface area contributed by atoms with Gasteiger partial charge < -0.3 is 23.8 Å². The van der Waals surface area contributed by atoms with Crippen LogP contribution in [0.15, 0.2) is 70.7 Å². The van der Waals surface area contributed by atoms with Crippen molar-refractivity contribution in [1.29, 1.82) is 0 Å². The highest BCUT2D eigenvalue weighted by Crippen LogP contribution is 2.27. The summed E-state index contributed by atoms with van der Waals surface area (Å²) in [5.41, 5.74) is 0.780. The molecule has 0 spiro atoms. The van der Waals surface area contributed by atoms with E-state index in [1.807, 2.05) is 13.8 Å². The van der Waals surface area contributed by atoms with Gasteiger partial charge in [-0.15, -0.1) is 16.7 Å². The highest BCUT2D eigenvalue weighted by Gasteiger charge is 2.24. The average Bonchev–Trinajstić information content (AvgIpc) is 3.46. The van der Waals surface area contributed by atoms with Crippen molar-refractivity contribution in [3.63, 3.8) is 0 Å². The molecule has 0 aliphatic rings. The molecule has 0 saturated heterocycles. The lowest BCUT2D eigenvalue weighted by Crippen LogP contribution is -2.27. The van der Waals surface area contributed by atoms with Crippen molar-refractivity contribution in [3.8, 4) is 23.1 Å². The van der Waals surface area contributed by atoms with Crippen molar-refractivity contribution in [2.75, 3.05) is 19.8 Å². The van der Waals surface area contributed by atoms with Gasteiger partial charge in [0.05, 0.1) is 29.5 Å². The quantitative estimate of drug-likeness (QED) is 0.0330. The number of carbonyl (C=O) groups excluding carboxylic acids is 2. The fourth-order valence-corrected chi connectivity index (χ4v) is 5.34. The number of hydrogen-bond donors (Lipinski definition) is 0. The third kappa shape index (κ3) is 12.6. The summed E-state index contributed by atoms with van der Waals surface area (Å²) in [6.45, 7) is 5.31. The summed E-state index contributed by atoms with van der Waals surface area (Å²) < 4.78 is 61.9. The minimum absolute atomic E-state index is 0.0424. The minimum atomic E-state index is -3.12. The van der Waals surface area contributed by atoms with Crippen LogP contribution in [0.4, 0.5) is 13.2 Å². The third-order valence-corrected chi connectivity index (χ3v) is 8.22. The smallest absolute Gasteiger partial charge is 0.355 e. The maximum atomic E-state index is 14.2. The topological polar surface area (TPSA) is 158 Å². The molecule has 20 heteroatoms. The molecule has 5 rings (SSSR count). The van der Waals surface area contributed by atoms with Crippen molar-refractivity contribution >= 4 is 63.5 Å². The molecule has 1 unspecified atom stereocenters. The minimum Gasteiger partial charge on any atom is -0.479 e. The molecule has 0 N–H and O–H groups in total. The maximum absolute atomic E-state index is 14.2. The Morgan fingerprint density at radius 2 is 1.65 bits per heavy atom. The molecule has 0 fully saturated rings. The fourth-order valence-electron chi connectivity index (χ4n) is 4.71. The Morgan fingerprint density at radius 1 is 0.947 bits per heavy atom. The Hall–Kier alpha value is -5.39. The normalized spacial score (nSPS) is 11.9. The maximum Gasteiger partial charge on any atom is 0.355 e. The number of oxime groups is 1. The molecule has 2 aromatic heterocycles. The third-order valence-electron chi connectivity index (χ3n) is 7.30. The lowest BCUT2D eigenvalue weighted by atomic mass is 10.1. The lowest BCUT2D eigenvalue weighted by Gasteiger charge is -2.14. The first-order valence-corrected chi connectivity index (χ1v) is 18.2. The van der Waals surface area contributed by atoms with Crippen LogP contribution in [-0.4, -0.2) is 73.3 Å². The molecular weight excluding hydrogens is 820 g/mol. The number of carbonyl (C=O) groups is 2. The molecule has 0 radical (unpaired) electrons. The number of hydrogen-bond acceptors (Lipinski definition) is 12. The molecule has 0 amide bonds. The Morgan fingerprint density at radius 3 is 2.30 bits per heavy atom. The highest BCUT2D eigenvalue weighted by atomic mass is 35.5. The van der Waals surface area contributed by atoms with E-state index in [0.29, 0.717) is 38.1 Å². The number of nitrogens with zero attached hydrogens (tertiary/aromatic N) is 6. The van der Waals surface area contributed by atoms with E-state index in [0.717, 1.165) is 17.8 Å². The summed E-state index contributed by atoms with van der Waals surface area (Å²) in [7, 11) is 0. The molecule has 0 bridgehead atoms. The standard InChI is InChI=1S/C22H22ClN3O5.C15H14Cl2F3N3O3/c1-14(2)26-29-11-10-28-22(27)15(3)30-17-5-7-18(8-6-17)31-21-13-24-20-12-16(23)4-9-19(20)25-21;1-3-26-13(24)10(17)4-8-5-12(11(18)6-9(8)16)23-15(25)22(14(19)20)7(2)21-23/h4-9,12-13,15H,10-11H2,1-3H3;5-6,10,14H,3-4H2,1-2H3/t15-;/m1./s1. The number of esters is 2. The second kappa shape index (κ2) is 20.7. The zero-order valence-electron chi connectivity index (χ0n) is 31.1. The van der Waals surface area contributed by atoms with Crippen LogP contribution in [0.1, 0.15) is 45.6 Å². The molecule has 5 aromatic rings. The van der Waals surface area contributed by atoms with Gasteiger partial charge in [-0.25, -0.2) is 28.5 Å². The second-order valence-electron chi connectivity index (χ2n) is 11.9. The monoisotopic (exact) mass is 854 g/mol. The van der Waals surface area contributed by atoms with Gasteiger partial charge in [-0.05, 0) is 94.8 Å². The molecular formula is C37H36Cl3F3N6O8. The van der Waals surface area contributed by atoms with Gasteiger partial charge in [-0.1, -0.05) is 28.4 Å². The van der Waals surface area contributed by atoms with Gasteiger partial charge in [-0.3, -0.25) is 4.79 Å². The van der Waals surface area contributed by atoms with Gasteiger partial charge in [0, 0.05) is 16.5 Å². The van der Waals surface area contributed by atoms with Gasteiger partial charge in [0.25, 0.3) is 0 Å². The number of rotatable bonds is 15. The number of fused-ring (bicyclic) bond motifs is 1. The van der Waals surface area contributed by atoms with Crippen LogP contribution in [0.5, 0.6) is 17.4 Å². The van der Waals surface area contributed by atoms with Crippen molar-refractivity contribution in [2.24, 2.45) is 5.16 Å². The predicted octanol–water partition coefficient (Wildman–Crippen LogP) is 8.04. The molecule has 304 valence electrons. The second-order valence-corrected chi connectivity index (χ2v) is 13.3. The molecule has 0 saturated carbocycles. The van der Waals surface area contributed by atoms with Crippen LogP contribution in [0, 0.1) is 12.7 Å². The van der Waals surface area contributed by atoms with Crippen molar-refractivity contribution in [1.82, 2.24) is 24.3 Å². The van der Waals surface area contributed by atoms with Gasteiger partial charge >= 0.3 is 24.2 Å². The summed E-state index contributed by atoms with van der Waals surface area (Å²) in [6.07, 6.45) is 0.634. The molecule has 57 heavy (non-hydrogen) atoms. The van der Waals surface area contributed by atoms with Crippen LogP contribution in [0.25, 0.3) is 16.7 Å². The first kappa shape index (κ1) is 44.3. The zero-order chi connectivity index (χ0) is 41.8. The summed E-state index contributed by atoms with van der Waals surface area (Å²) in [6, 6.07) is 14.1. The number of aromatic nitrogens is 5. The molecule has 0 aliphatic carbocycles. The fraction of sp³-hybridized carbons (Fsp3) is 0.324. The number of halogens is 6. The summed E-state index contributed by atoms with van der Waals surface area (Å²) >= 11 is 17.9.